The van der Waals surface area contributed by atoms with E-state index in [1.54, 1.807) is 28.2 Å². The first-order valence-corrected chi connectivity index (χ1v) is 9.96. The molecule has 1 spiro atoms. The van der Waals surface area contributed by atoms with Gasteiger partial charge in [0.25, 0.3) is 0 Å². The van der Waals surface area contributed by atoms with Crippen molar-refractivity contribution in [3.05, 3.63) is 59.4 Å². The molecule has 138 valence electrons. The highest BCUT2D eigenvalue weighted by atomic mass is 32.1. The number of aromatic nitrogens is 2. The topological polar surface area (TPSA) is 51.4 Å². The van der Waals surface area contributed by atoms with E-state index in [1.807, 2.05) is 17.6 Å². The Hall–Kier alpha value is -2.51. The number of nitrogens with one attached hydrogen (secondary N) is 1. The summed E-state index contributed by atoms with van der Waals surface area (Å²) in [4.78, 5) is 7.00. The van der Waals surface area contributed by atoms with E-state index in [0.29, 0.717) is 0 Å². The van der Waals surface area contributed by atoms with Crippen molar-refractivity contribution in [2.24, 2.45) is 5.16 Å². The van der Waals surface area contributed by atoms with Crippen molar-refractivity contribution in [1.82, 2.24) is 15.1 Å². The molecule has 0 atom stereocenters. The molecular formula is C20H19FN4OS. The molecule has 2 aliphatic heterocycles. The van der Waals surface area contributed by atoms with E-state index in [9.17, 15) is 4.39 Å². The number of halogens is 1. The van der Waals surface area contributed by atoms with Gasteiger partial charge in [-0.25, -0.2) is 9.07 Å². The second-order valence-corrected chi connectivity index (χ2v) is 7.98. The highest BCUT2D eigenvalue weighted by molar-refractivity contribution is 7.13. The Morgan fingerprint density at radius 3 is 2.70 bits per heavy atom. The Balaban J connectivity index is 1.54. The number of hydrogen-bond acceptors (Lipinski definition) is 5. The van der Waals surface area contributed by atoms with Crippen LogP contribution in [-0.4, -0.2) is 34.2 Å². The molecule has 1 fully saturated rings. The maximum atomic E-state index is 13.3. The summed E-state index contributed by atoms with van der Waals surface area (Å²) in [6.45, 7) is 1.91. The van der Waals surface area contributed by atoms with Crippen LogP contribution in [0.3, 0.4) is 0 Å². The number of hydrogen-bond donors (Lipinski definition) is 1. The van der Waals surface area contributed by atoms with Crippen LogP contribution in [0.15, 0.2) is 53.1 Å². The lowest BCUT2D eigenvalue weighted by Crippen LogP contribution is -2.42. The minimum atomic E-state index is -0.258. The predicted molar refractivity (Wildman–Crippen MR) is 104 cm³/mol. The van der Waals surface area contributed by atoms with Crippen molar-refractivity contribution in [2.75, 3.05) is 13.1 Å². The normalized spacial score (nSPS) is 18.5. The van der Waals surface area contributed by atoms with E-state index in [4.69, 9.17) is 9.94 Å². The van der Waals surface area contributed by atoms with Crippen molar-refractivity contribution < 1.29 is 9.23 Å². The molecule has 5 rings (SSSR count). The monoisotopic (exact) mass is 382 g/mol. The molecule has 0 radical (unpaired) electrons. The van der Waals surface area contributed by atoms with Gasteiger partial charge in [0.15, 0.2) is 0 Å². The van der Waals surface area contributed by atoms with Gasteiger partial charge in [0, 0.05) is 31.0 Å². The lowest BCUT2D eigenvalue weighted by atomic mass is 9.86. The zero-order valence-electron chi connectivity index (χ0n) is 14.7. The highest BCUT2D eigenvalue weighted by Gasteiger charge is 2.41. The minimum Gasteiger partial charge on any atom is -0.388 e. The van der Waals surface area contributed by atoms with Gasteiger partial charge in [0.05, 0.1) is 16.3 Å². The number of oxime groups is 1. The highest BCUT2D eigenvalue weighted by Crippen LogP contribution is 2.37. The van der Waals surface area contributed by atoms with Crippen molar-refractivity contribution in [3.8, 4) is 16.3 Å². The first-order chi connectivity index (χ1) is 13.2. The lowest BCUT2D eigenvalue weighted by Gasteiger charge is -2.30. The summed E-state index contributed by atoms with van der Waals surface area (Å²) in [6, 6.07) is 10.4. The van der Waals surface area contributed by atoms with Gasteiger partial charge < -0.3 is 10.2 Å². The predicted octanol–water partition coefficient (Wildman–Crippen LogP) is 3.99. The van der Waals surface area contributed by atoms with E-state index in [1.165, 1.54) is 12.1 Å². The van der Waals surface area contributed by atoms with Crippen molar-refractivity contribution in [2.45, 2.75) is 24.9 Å². The SMILES string of the molecule is Fc1ccc(-n2cc(C3=NOC4(CCNCC4)C3)c(-c3cccs3)n2)cc1. The summed E-state index contributed by atoms with van der Waals surface area (Å²) in [5, 5.41) is 14.7. The Labute approximate surface area is 160 Å². The minimum absolute atomic E-state index is 0.189. The molecule has 7 heteroatoms. The summed E-state index contributed by atoms with van der Waals surface area (Å²) >= 11 is 1.65. The van der Waals surface area contributed by atoms with E-state index in [0.717, 1.165) is 59.9 Å². The van der Waals surface area contributed by atoms with Gasteiger partial charge in [0.1, 0.15) is 17.1 Å². The third-order valence-electron chi connectivity index (χ3n) is 5.22. The van der Waals surface area contributed by atoms with Gasteiger partial charge in [-0.1, -0.05) is 11.2 Å². The maximum absolute atomic E-state index is 13.3. The maximum Gasteiger partial charge on any atom is 0.145 e. The second kappa shape index (κ2) is 6.58. The molecule has 0 bridgehead atoms. The second-order valence-electron chi connectivity index (χ2n) is 7.03. The zero-order valence-corrected chi connectivity index (χ0v) is 15.5. The van der Waals surface area contributed by atoms with Crippen LogP contribution in [0.4, 0.5) is 4.39 Å². The summed E-state index contributed by atoms with van der Waals surface area (Å²) in [5.74, 6) is -0.258. The molecule has 3 aromatic rings. The van der Waals surface area contributed by atoms with Crippen LogP contribution in [0, 0.1) is 5.82 Å². The summed E-state index contributed by atoms with van der Waals surface area (Å²) in [6.07, 6.45) is 4.69. The van der Waals surface area contributed by atoms with Crippen molar-refractivity contribution >= 4 is 17.0 Å². The standard InChI is InChI=1S/C20H19FN4OS/c21-14-3-5-15(6-4-14)25-13-16(19(23-25)18-2-1-11-27-18)17-12-20(26-24-17)7-9-22-10-8-20/h1-6,11,13,22H,7-10,12H2. The largest absolute Gasteiger partial charge is 0.388 e. The third kappa shape index (κ3) is 3.07. The molecular weight excluding hydrogens is 363 g/mol. The third-order valence-corrected chi connectivity index (χ3v) is 6.10. The molecule has 4 heterocycles. The van der Waals surface area contributed by atoms with Crippen LogP contribution in [0.25, 0.3) is 16.3 Å². The molecule has 1 N–H and O–H groups in total. The van der Waals surface area contributed by atoms with Gasteiger partial charge in [-0.3, -0.25) is 0 Å². The fourth-order valence-electron chi connectivity index (χ4n) is 3.72. The summed E-state index contributed by atoms with van der Waals surface area (Å²) in [7, 11) is 0. The fraction of sp³-hybridized carbons (Fsp3) is 0.300. The Morgan fingerprint density at radius 1 is 1.15 bits per heavy atom. The number of nitrogens with zero attached hydrogens (tertiary/aromatic N) is 3. The Morgan fingerprint density at radius 2 is 1.96 bits per heavy atom. The van der Waals surface area contributed by atoms with Crippen LogP contribution >= 0.6 is 11.3 Å². The summed E-state index contributed by atoms with van der Waals surface area (Å²) in [5.41, 5.74) is 3.44. The van der Waals surface area contributed by atoms with Crippen LogP contribution < -0.4 is 5.32 Å². The first kappa shape index (κ1) is 16.6. The van der Waals surface area contributed by atoms with E-state index in [-0.39, 0.29) is 11.4 Å². The lowest BCUT2D eigenvalue weighted by molar-refractivity contribution is -0.0400. The molecule has 27 heavy (non-hydrogen) atoms. The fourth-order valence-corrected chi connectivity index (χ4v) is 4.45. The van der Waals surface area contributed by atoms with E-state index in [2.05, 4.69) is 16.5 Å². The van der Waals surface area contributed by atoms with Crippen LogP contribution in [0.2, 0.25) is 0 Å². The quantitative estimate of drug-likeness (QED) is 0.745. The van der Waals surface area contributed by atoms with E-state index >= 15 is 0 Å². The summed E-state index contributed by atoms with van der Waals surface area (Å²) < 4.78 is 15.1. The van der Waals surface area contributed by atoms with Gasteiger partial charge in [-0.2, -0.15) is 5.10 Å². The molecule has 2 aliphatic rings. The molecule has 1 aromatic carbocycles. The van der Waals surface area contributed by atoms with Gasteiger partial charge >= 0.3 is 0 Å². The zero-order chi connectivity index (χ0) is 18.3. The average Bonchev–Trinajstić information content (AvgIpc) is 3.42. The first-order valence-electron chi connectivity index (χ1n) is 9.08. The van der Waals surface area contributed by atoms with Crippen LogP contribution in [0.1, 0.15) is 24.8 Å². The molecule has 2 aromatic heterocycles. The van der Waals surface area contributed by atoms with Gasteiger partial charge in [-0.05, 0) is 48.8 Å². The molecule has 0 amide bonds. The Bertz CT molecular complexity index is 972. The Kier molecular flexibility index (Phi) is 4.06. The van der Waals surface area contributed by atoms with Gasteiger partial charge in [0.2, 0.25) is 0 Å². The number of piperidine rings is 1. The molecule has 0 aliphatic carbocycles. The van der Waals surface area contributed by atoms with Crippen molar-refractivity contribution in [1.29, 1.82) is 0 Å². The molecule has 0 saturated carbocycles. The number of benzene rings is 1. The van der Waals surface area contributed by atoms with Crippen molar-refractivity contribution in [3.63, 3.8) is 0 Å². The molecule has 5 nitrogen and oxygen atoms in total. The average molecular weight is 382 g/mol. The number of thiophene rings is 1. The molecule has 1 saturated heterocycles. The van der Waals surface area contributed by atoms with Crippen LogP contribution in [0.5, 0.6) is 0 Å². The molecule has 0 unspecified atom stereocenters. The number of rotatable bonds is 3. The van der Waals surface area contributed by atoms with Crippen LogP contribution in [-0.2, 0) is 4.84 Å². The van der Waals surface area contributed by atoms with E-state index < -0.39 is 0 Å². The smallest absolute Gasteiger partial charge is 0.145 e. The van der Waals surface area contributed by atoms with Gasteiger partial charge in [-0.15, -0.1) is 11.3 Å².